The highest BCUT2D eigenvalue weighted by molar-refractivity contribution is 5.93. The summed E-state index contributed by atoms with van der Waals surface area (Å²) in [5, 5.41) is 13.8. The Kier molecular flexibility index (Phi) is 7.52. The molecule has 10 nitrogen and oxygen atoms in total. The van der Waals surface area contributed by atoms with Crippen molar-refractivity contribution in [2.75, 3.05) is 13.1 Å². The first-order valence-corrected chi connectivity index (χ1v) is 9.42. The molecule has 3 unspecified atom stereocenters. The molecule has 3 atom stereocenters. The normalized spacial score (nSPS) is 18.4. The number of nitro benzene ring substituents is 1. The molecular formula is C19H25N3O7. The van der Waals surface area contributed by atoms with Crippen molar-refractivity contribution in [1.29, 1.82) is 0 Å². The maximum Gasteiger partial charge on any atom is 0.310 e. The van der Waals surface area contributed by atoms with E-state index in [1.807, 2.05) is 6.92 Å². The van der Waals surface area contributed by atoms with E-state index < -0.39 is 34.9 Å². The van der Waals surface area contributed by atoms with Crippen LogP contribution in [0.2, 0.25) is 0 Å². The number of piperazine rings is 1. The van der Waals surface area contributed by atoms with Gasteiger partial charge >= 0.3 is 11.7 Å². The number of amides is 2. The van der Waals surface area contributed by atoms with E-state index in [0.717, 1.165) is 0 Å². The molecule has 1 fully saturated rings. The van der Waals surface area contributed by atoms with E-state index in [9.17, 15) is 24.5 Å². The Morgan fingerprint density at radius 2 is 2.03 bits per heavy atom. The van der Waals surface area contributed by atoms with Gasteiger partial charge in [-0.3, -0.25) is 24.5 Å². The van der Waals surface area contributed by atoms with Crippen molar-refractivity contribution in [3.05, 3.63) is 34.4 Å². The third-order valence-electron chi connectivity index (χ3n) is 4.59. The molecule has 10 heteroatoms. The molecule has 1 heterocycles. The first-order chi connectivity index (χ1) is 13.7. The van der Waals surface area contributed by atoms with Gasteiger partial charge in [-0.05, 0) is 26.3 Å². The Morgan fingerprint density at radius 3 is 2.69 bits per heavy atom. The monoisotopic (exact) mass is 407 g/mol. The second-order valence-corrected chi connectivity index (χ2v) is 6.74. The number of benzene rings is 1. The van der Waals surface area contributed by atoms with Crippen molar-refractivity contribution in [2.45, 2.75) is 51.9 Å². The fourth-order valence-electron chi connectivity index (χ4n) is 2.88. The second kappa shape index (κ2) is 9.85. The summed E-state index contributed by atoms with van der Waals surface area (Å²) < 4.78 is 10.7. The molecule has 2 amide bonds. The SMILES string of the molecule is CCC(C)OC(=O)CC1C(=O)NCCN1C(=O)C(C)Oc1ccccc1[N+](=O)[O-]. The average molecular weight is 407 g/mol. The topological polar surface area (TPSA) is 128 Å². The zero-order chi connectivity index (χ0) is 21.6. The Labute approximate surface area is 168 Å². The van der Waals surface area contributed by atoms with Gasteiger partial charge in [0.1, 0.15) is 6.04 Å². The molecule has 1 saturated heterocycles. The number of rotatable bonds is 8. The Morgan fingerprint density at radius 1 is 1.34 bits per heavy atom. The maximum absolute atomic E-state index is 12.9. The second-order valence-electron chi connectivity index (χ2n) is 6.74. The highest BCUT2D eigenvalue weighted by Crippen LogP contribution is 2.27. The molecule has 2 rings (SSSR count). The number of nitrogens with one attached hydrogen (secondary N) is 1. The minimum absolute atomic E-state index is 0.0486. The van der Waals surface area contributed by atoms with Gasteiger partial charge in [0, 0.05) is 19.2 Å². The van der Waals surface area contributed by atoms with Crippen molar-refractivity contribution < 1.29 is 28.8 Å². The van der Waals surface area contributed by atoms with Crippen LogP contribution in [0.5, 0.6) is 5.75 Å². The summed E-state index contributed by atoms with van der Waals surface area (Å²) in [5.74, 6) is -1.62. The zero-order valence-electron chi connectivity index (χ0n) is 16.6. The summed E-state index contributed by atoms with van der Waals surface area (Å²) in [6.07, 6.45) is -1.03. The summed E-state index contributed by atoms with van der Waals surface area (Å²) in [7, 11) is 0. The Bertz CT molecular complexity index is 783. The summed E-state index contributed by atoms with van der Waals surface area (Å²) in [5.41, 5.74) is -0.266. The lowest BCUT2D eigenvalue weighted by atomic mass is 10.1. The Hall–Kier alpha value is -3.17. The molecule has 1 aliphatic heterocycles. The Balaban J connectivity index is 2.12. The van der Waals surface area contributed by atoms with Crippen molar-refractivity contribution in [1.82, 2.24) is 10.2 Å². The number of hydrogen-bond donors (Lipinski definition) is 1. The molecule has 0 saturated carbocycles. The van der Waals surface area contributed by atoms with Crippen molar-refractivity contribution in [3.63, 3.8) is 0 Å². The molecule has 1 aromatic rings. The number of nitrogens with zero attached hydrogens (tertiary/aromatic N) is 2. The third kappa shape index (κ3) is 5.66. The van der Waals surface area contributed by atoms with E-state index in [1.54, 1.807) is 13.0 Å². The first-order valence-electron chi connectivity index (χ1n) is 9.42. The lowest BCUT2D eigenvalue weighted by Gasteiger charge is -2.36. The number of esters is 1. The first kappa shape index (κ1) is 22.1. The van der Waals surface area contributed by atoms with E-state index in [2.05, 4.69) is 5.32 Å². The van der Waals surface area contributed by atoms with Crippen molar-refractivity contribution >= 4 is 23.5 Å². The molecule has 0 spiro atoms. The van der Waals surface area contributed by atoms with E-state index >= 15 is 0 Å². The average Bonchev–Trinajstić information content (AvgIpc) is 2.69. The van der Waals surface area contributed by atoms with Crippen LogP contribution in [-0.4, -0.2) is 58.9 Å². The summed E-state index contributed by atoms with van der Waals surface area (Å²) in [4.78, 5) is 49.1. The third-order valence-corrected chi connectivity index (χ3v) is 4.59. The van der Waals surface area contributed by atoms with Gasteiger partial charge in [-0.25, -0.2) is 0 Å². The van der Waals surface area contributed by atoms with Crippen LogP contribution in [0.25, 0.3) is 0 Å². The van der Waals surface area contributed by atoms with Gasteiger partial charge in [-0.1, -0.05) is 19.1 Å². The van der Waals surface area contributed by atoms with E-state index in [4.69, 9.17) is 9.47 Å². The lowest BCUT2D eigenvalue weighted by molar-refractivity contribution is -0.386. The van der Waals surface area contributed by atoms with Crippen molar-refractivity contribution in [2.24, 2.45) is 0 Å². The molecule has 0 radical (unpaired) electrons. The van der Waals surface area contributed by atoms with Crippen molar-refractivity contribution in [3.8, 4) is 5.75 Å². The predicted molar refractivity (Wildman–Crippen MR) is 102 cm³/mol. The smallest absolute Gasteiger partial charge is 0.310 e. The van der Waals surface area contributed by atoms with Crippen LogP contribution in [-0.2, 0) is 19.1 Å². The molecular weight excluding hydrogens is 382 g/mol. The largest absolute Gasteiger partial charge is 0.474 e. The molecule has 1 N–H and O–H groups in total. The van der Waals surface area contributed by atoms with Crippen LogP contribution in [0.1, 0.15) is 33.6 Å². The zero-order valence-corrected chi connectivity index (χ0v) is 16.6. The van der Waals surface area contributed by atoms with E-state index in [-0.39, 0.29) is 37.1 Å². The molecule has 0 aromatic heterocycles. The number of hydrogen-bond acceptors (Lipinski definition) is 7. The number of ether oxygens (including phenoxy) is 2. The number of carbonyl (C=O) groups is 3. The summed E-state index contributed by atoms with van der Waals surface area (Å²) >= 11 is 0. The minimum atomic E-state index is -1.09. The van der Waals surface area contributed by atoms with Crippen LogP contribution in [0, 0.1) is 10.1 Å². The van der Waals surface area contributed by atoms with E-state index in [1.165, 1.54) is 30.0 Å². The van der Waals surface area contributed by atoms with Crippen LogP contribution < -0.4 is 10.1 Å². The highest BCUT2D eigenvalue weighted by Gasteiger charge is 2.38. The highest BCUT2D eigenvalue weighted by atomic mass is 16.6. The van der Waals surface area contributed by atoms with Gasteiger partial charge in [-0.2, -0.15) is 0 Å². The van der Waals surface area contributed by atoms with Crippen LogP contribution in [0.3, 0.4) is 0 Å². The van der Waals surface area contributed by atoms with E-state index in [0.29, 0.717) is 6.42 Å². The van der Waals surface area contributed by atoms with Crippen LogP contribution in [0.15, 0.2) is 24.3 Å². The fourth-order valence-corrected chi connectivity index (χ4v) is 2.88. The van der Waals surface area contributed by atoms with Gasteiger partial charge < -0.3 is 19.7 Å². The summed E-state index contributed by atoms with van der Waals surface area (Å²) in [6.45, 7) is 5.48. The summed E-state index contributed by atoms with van der Waals surface area (Å²) in [6, 6.07) is 4.69. The number of para-hydroxylation sites is 2. The minimum Gasteiger partial charge on any atom is -0.474 e. The quantitative estimate of drug-likeness (QED) is 0.392. The number of nitro groups is 1. The van der Waals surface area contributed by atoms with Gasteiger partial charge in [-0.15, -0.1) is 0 Å². The molecule has 158 valence electrons. The number of carbonyl (C=O) groups excluding carboxylic acids is 3. The molecule has 0 bridgehead atoms. The fraction of sp³-hybridized carbons (Fsp3) is 0.526. The van der Waals surface area contributed by atoms with Gasteiger partial charge in [0.25, 0.3) is 5.91 Å². The molecule has 1 aliphatic rings. The predicted octanol–water partition coefficient (Wildman–Crippen LogP) is 1.42. The standard InChI is InChI=1S/C19H25N3O7/c1-4-12(2)28-17(23)11-15-18(24)20-9-10-21(15)19(25)13(3)29-16-8-6-5-7-14(16)22(26)27/h5-8,12-13,15H,4,9-11H2,1-3H3,(H,20,24). The van der Waals surface area contributed by atoms with Crippen LogP contribution >= 0.6 is 0 Å². The van der Waals surface area contributed by atoms with Gasteiger partial charge in [0.2, 0.25) is 5.91 Å². The molecule has 1 aromatic carbocycles. The molecule has 0 aliphatic carbocycles. The van der Waals surface area contributed by atoms with Crippen LogP contribution in [0.4, 0.5) is 5.69 Å². The van der Waals surface area contributed by atoms with Gasteiger partial charge in [0.15, 0.2) is 11.9 Å². The maximum atomic E-state index is 12.9. The molecule has 29 heavy (non-hydrogen) atoms. The van der Waals surface area contributed by atoms with Gasteiger partial charge in [0.05, 0.1) is 17.4 Å². The lowest BCUT2D eigenvalue weighted by Crippen LogP contribution is -2.60.